The number of fused-ring (bicyclic) bond motifs is 1. The van der Waals surface area contributed by atoms with Crippen molar-refractivity contribution in [3.63, 3.8) is 0 Å². The lowest BCUT2D eigenvalue weighted by Gasteiger charge is -2.35. The Morgan fingerprint density at radius 3 is 2.42 bits per heavy atom. The van der Waals surface area contributed by atoms with E-state index in [4.69, 9.17) is 0 Å². The minimum absolute atomic E-state index is 0.106. The zero-order valence-electron chi connectivity index (χ0n) is 13.9. The predicted octanol–water partition coefficient (Wildman–Crippen LogP) is 2.87. The Morgan fingerprint density at radius 1 is 0.962 bits per heavy atom. The Morgan fingerprint density at radius 2 is 1.69 bits per heavy atom. The van der Waals surface area contributed by atoms with E-state index in [1.54, 1.807) is 11.1 Å². The molecule has 0 radical (unpaired) electrons. The summed E-state index contributed by atoms with van der Waals surface area (Å²) >= 11 is 0. The van der Waals surface area contributed by atoms with Gasteiger partial charge in [-0.2, -0.15) is 0 Å². The van der Waals surface area contributed by atoms with Crippen molar-refractivity contribution < 1.29 is 13.6 Å². The first-order valence-corrected chi connectivity index (χ1v) is 8.33. The van der Waals surface area contributed by atoms with Gasteiger partial charge in [0.1, 0.15) is 17.5 Å². The fourth-order valence-electron chi connectivity index (χ4n) is 3.07. The highest BCUT2D eigenvalue weighted by Gasteiger charge is 2.25. The van der Waals surface area contributed by atoms with Crippen LogP contribution in [0.5, 0.6) is 0 Å². The van der Waals surface area contributed by atoms with Crippen molar-refractivity contribution in [2.24, 2.45) is 0 Å². The van der Waals surface area contributed by atoms with Crippen molar-refractivity contribution in [1.29, 1.82) is 0 Å². The summed E-state index contributed by atoms with van der Waals surface area (Å²) in [5.41, 5.74) is 1.54. The first kappa shape index (κ1) is 16.4. The summed E-state index contributed by atoms with van der Waals surface area (Å²) in [6.07, 6.45) is 1.72. The Kier molecular flexibility index (Phi) is 4.20. The van der Waals surface area contributed by atoms with Gasteiger partial charge in [0.25, 0.3) is 5.91 Å². The van der Waals surface area contributed by atoms with Crippen LogP contribution in [0.15, 0.2) is 48.7 Å². The van der Waals surface area contributed by atoms with E-state index < -0.39 is 17.5 Å². The van der Waals surface area contributed by atoms with E-state index in [0.29, 0.717) is 26.2 Å². The van der Waals surface area contributed by atoms with Gasteiger partial charge in [0.15, 0.2) is 0 Å². The first-order valence-electron chi connectivity index (χ1n) is 8.33. The molecule has 3 aromatic rings. The van der Waals surface area contributed by atoms with E-state index in [1.165, 1.54) is 6.07 Å². The third kappa shape index (κ3) is 3.08. The summed E-state index contributed by atoms with van der Waals surface area (Å²) < 4.78 is 26.8. The largest absolute Gasteiger partial charge is 0.352 e. The van der Waals surface area contributed by atoms with E-state index in [0.717, 1.165) is 29.0 Å². The maximum atomic E-state index is 13.8. The molecule has 0 spiro atoms. The van der Waals surface area contributed by atoms with Crippen LogP contribution in [0.1, 0.15) is 10.4 Å². The smallest absolute Gasteiger partial charge is 0.256 e. The molecule has 7 heteroatoms. The maximum Gasteiger partial charge on any atom is 0.256 e. The highest BCUT2D eigenvalue weighted by atomic mass is 19.1. The Hall–Kier alpha value is -3.09. The molecule has 5 nitrogen and oxygen atoms in total. The lowest BCUT2D eigenvalue weighted by atomic mass is 10.1. The van der Waals surface area contributed by atoms with E-state index in [1.807, 2.05) is 29.2 Å². The Labute approximate surface area is 148 Å². The van der Waals surface area contributed by atoms with Crippen LogP contribution in [0.4, 0.5) is 14.6 Å². The second-order valence-corrected chi connectivity index (χ2v) is 6.12. The third-order valence-corrected chi connectivity index (χ3v) is 4.49. The predicted molar refractivity (Wildman–Crippen MR) is 94.0 cm³/mol. The molecule has 0 saturated carbocycles. The van der Waals surface area contributed by atoms with Gasteiger partial charge in [-0.3, -0.25) is 9.78 Å². The number of hydrogen-bond acceptors (Lipinski definition) is 4. The van der Waals surface area contributed by atoms with Gasteiger partial charge < -0.3 is 9.80 Å². The van der Waals surface area contributed by atoms with Crippen LogP contribution in [-0.2, 0) is 0 Å². The van der Waals surface area contributed by atoms with Crippen LogP contribution in [0.2, 0.25) is 0 Å². The molecule has 132 valence electrons. The highest BCUT2D eigenvalue weighted by Crippen LogP contribution is 2.19. The van der Waals surface area contributed by atoms with Crippen molar-refractivity contribution >= 4 is 22.8 Å². The monoisotopic (exact) mass is 354 g/mol. The summed E-state index contributed by atoms with van der Waals surface area (Å²) in [7, 11) is 0. The molecule has 0 aliphatic carbocycles. The molecular formula is C19H16F2N4O. The molecule has 0 bridgehead atoms. The number of nitrogens with zero attached hydrogens (tertiary/aromatic N) is 4. The summed E-state index contributed by atoms with van der Waals surface area (Å²) in [5, 5.41) is 0. The fourth-order valence-corrected chi connectivity index (χ4v) is 3.07. The quantitative estimate of drug-likeness (QED) is 0.710. The number of anilines is 1. The summed E-state index contributed by atoms with van der Waals surface area (Å²) in [5.74, 6) is -1.20. The molecule has 2 aromatic carbocycles. The number of amides is 1. The van der Waals surface area contributed by atoms with Gasteiger partial charge in [0, 0.05) is 32.2 Å². The van der Waals surface area contributed by atoms with Crippen LogP contribution < -0.4 is 4.90 Å². The highest BCUT2D eigenvalue weighted by molar-refractivity contribution is 5.94. The molecule has 2 heterocycles. The van der Waals surface area contributed by atoms with Crippen LogP contribution >= 0.6 is 0 Å². The molecule has 1 amide bonds. The van der Waals surface area contributed by atoms with Gasteiger partial charge in [0.2, 0.25) is 0 Å². The topological polar surface area (TPSA) is 49.3 Å². The zero-order valence-corrected chi connectivity index (χ0v) is 13.9. The van der Waals surface area contributed by atoms with E-state index >= 15 is 0 Å². The van der Waals surface area contributed by atoms with Crippen LogP contribution in [0.25, 0.3) is 11.0 Å². The number of para-hydroxylation sites is 2. The van der Waals surface area contributed by atoms with Gasteiger partial charge in [-0.15, -0.1) is 0 Å². The molecule has 4 rings (SSSR count). The number of carbonyl (C=O) groups is 1. The Bertz CT molecular complexity index is 971. The fraction of sp³-hybridized carbons (Fsp3) is 0.211. The lowest BCUT2D eigenvalue weighted by Crippen LogP contribution is -2.49. The van der Waals surface area contributed by atoms with E-state index in [-0.39, 0.29) is 5.56 Å². The standard InChI is InChI=1S/C19H16F2N4O/c20-13-5-6-14(15(21)11-13)19(26)25-9-7-24(8-10-25)18-12-22-16-3-1-2-4-17(16)23-18/h1-6,11-12H,7-10H2. The maximum absolute atomic E-state index is 13.8. The minimum Gasteiger partial charge on any atom is -0.352 e. The van der Waals surface area contributed by atoms with Crippen LogP contribution in [0.3, 0.4) is 0 Å². The van der Waals surface area contributed by atoms with Crippen LogP contribution in [0, 0.1) is 11.6 Å². The van der Waals surface area contributed by atoms with Crippen molar-refractivity contribution in [3.8, 4) is 0 Å². The van der Waals surface area contributed by atoms with Gasteiger partial charge in [-0.25, -0.2) is 13.8 Å². The second-order valence-electron chi connectivity index (χ2n) is 6.12. The van der Waals surface area contributed by atoms with Crippen molar-refractivity contribution in [2.45, 2.75) is 0 Å². The first-order chi connectivity index (χ1) is 12.6. The molecule has 1 aliphatic rings. The Balaban J connectivity index is 1.47. The van der Waals surface area contributed by atoms with E-state index in [2.05, 4.69) is 9.97 Å². The number of benzene rings is 2. The van der Waals surface area contributed by atoms with Gasteiger partial charge >= 0.3 is 0 Å². The normalized spacial score (nSPS) is 14.7. The molecule has 1 saturated heterocycles. The molecule has 0 unspecified atom stereocenters. The van der Waals surface area contributed by atoms with E-state index in [9.17, 15) is 13.6 Å². The van der Waals surface area contributed by atoms with Crippen molar-refractivity contribution in [1.82, 2.24) is 14.9 Å². The molecular weight excluding hydrogens is 338 g/mol. The number of aromatic nitrogens is 2. The molecule has 1 aromatic heterocycles. The van der Waals surface area contributed by atoms with Crippen LogP contribution in [-0.4, -0.2) is 47.0 Å². The molecule has 1 fully saturated rings. The molecule has 26 heavy (non-hydrogen) atoms. The second kappa shape index (κ2) is 6.67. The van der Waals surface area contributed by atoms with Gasteiger partial charge in [-0.05, 0) is 24.3 Å². The molecule has 1 aliphatic heterocycles. The minimum atomic E-state index is -0.835. The number of halogens is 2. The summed E-state index contributed by atoms with van der Waals surface area (Å²) in [6.45, 7) is 2.01. The van der Waals surface area contributed by atoms with Gasteiger partial charge in [0.05, 0.1) is 22.8 Å². The van der Waals surface area contributed by atoms with Crippen molar-refractivity contribution in [2.75, 3.05) is 31.1 Å². The summed E-state index contributed by atoms with van der Waals surface area (Å²) in [6, 6.07) is 10.6. The lowest BCUT2D eigenvalue weighted by molar-refractivity contribution is 0.0741. The number of piperazine rings is 1. The third-order valence-electron chi connectivity index (χ3n) is 4.49. The zero-order chi connectivity index (χ0) is 18.1. The SMILES string of the molecule is O=C(c1ccc(F)cc1F)N1CCN(c2cnc3ccccc3n2)CC1. The number of hydrogen-bond donors (Lipinski definition) is 0. The molecule has 0 atom stereocenters. The molecule has 0 N–H and O–H groups in total. The average molecular weight is 354 g/mol. The number of rotatable bonds is 2. The average Bonchev–Trinajstić information content (AvgIpc) is 2.67. The van der Waals surface area contributed by atoms with Gasteiger partial charge in [-0.1, -0.05) is 12.1 Å². The summed E-state index contributed by atoms with van der Waals surface area (Å²) in [4.78, 5) is 25.1. The van der Waals surface area contributed by atoms with Crippen molar-refractivity contribution in [3.05, 3.63) is 65.9 Å². The number of carbonyl (C=O) groups excluding carboxylic acids is 1.